The third-order valence-electron chi connectivity index (χ3n) is 7.21. The van der Waals surface area contributed by atoms with Crippen molar-refractivity contribution in [1.29, 1.82) is 0 Å². The summed E-state index contributed by atoms with van der Waals surface area (Å²) in [6, 6.07) is 17.2. The minimum absolute atomic E-state index is 0.0649. The van der Waals surface area contributed by atoms with Gasteiger partial charge in [-0.25, -0.2) is 0 Å². The first-order valence-electron chi connectivity index (χ1n) is 12.2. The van der Waals surface area contributed by atoms with Crippen LogP contribution in [0, 0.1) is 0 Å². The van der Waals surface area contributed by atoms with E-state index in [-0.39, 0.29) is 17.9 Å². The van der Waals surface area contributed by atoms with Crippen molar-refractivity contribution in [3.05, 3.63) is 60.0 Å². The Balaban J connectivity index is 1.26. The lowest BCUT2D eigenvalue weighted by Gasteiger charge is -2.28. The molecule has 0 spiro atoms. The summed E-state index contributed by atoms with van der Waals surface area (Å²) in [6.45, 7) is 2.75. The van der Waals surface area contributed by atoms with Gasteiger partial charge in [0.1, 0.15) is 0 Å². The molecule has 2 aliphatic rings. The van der Waals surface area contributed by atoms with Gasteiger partial charge in [-0.3, -0.25) is 4.79 Å². The number of hydrogen-bond acceptors (Lipinski definition) is 6. The molecular formula is C27H31N3O4. The van der Waals surface area contributed by atoms with Crippen molar-refractivity contribution in [3.63, 3.8) is 0 Å². The summed E-state index contributed by atoms with van der Waals surface area (Å²) in [5.74, 6) is 0.348. The largest absolute Gasteiger partial charge is 0.481 e. The Morgan fingerprint density at radius 3 is 2.41 bits per heavy atom. The van der Waals surface area contributed by atoms with Crippen molar-refractivity contribution in [2.24, 2.45) is 0 Å². The highest BCUT2D eigenvalue weighted by Crippen LogP contribution is 2.42. The molecule has 3 aromatic rings. The summed E-state index contributed by atoms with van der Waals surface area (Å²) in [5, 5.41) is 20.6. The maximum Gasteiger partial charge on any atom is 0.320 e. The van der Waals surface area contributed by atoms with Crippen molar-refractivity contribution in [1.82, 2.24) is 10.2 Å². The van der Waals surface area contributed by atoms with Gasteiger partial charge in [0.15, 0.2) is 0 Å². The third-order valence-corrected chi connectivity index (χ3v) is 7.21. The van der Waals surface area contributed by atoms with Crippen molar-refractivity contribution in [2.75, 3.05) is 11.9 Å². The van der Waals surface area contributed by atoms with Gasteiger partial charge >= 0.3 is 12.0 Å². The van der Waals surface area contributed by atoms with Crippen LogP contribution in [-0.4, -0.2) is 34.0 Å². The molecule has 1 aromatic heterocycles. The van der Waals surface area contributed by atoms with E-state index in [1.807, 2.05) is 12.1 Å². The number of carboxylic acids is 1. The Kier molecular flexibility index (Phi) is 6.37. The van der Waals surface area contributed by atoms with Crippen LogP contribution in [0.4, 0.5) is 11.7 Å². The van der Waals surface area contributed by atoms with E-state index in [2.05, 4.69) is 58.8 Å². The summed E-state index contributed by atoms with van der Waals surface area (Å²) in [6.07, 6.45) is 6.11. The predicted octanol–water partition coefficient (Wildman–Crippen LogP) is 6.05. The van der Waals surface area contributed by atoms with Crippen LogP contribution in [0.3, 0.4) is 0 Å². The number of benzene rings is 2. The van der Waals surface area contributed by atoms with E-state index in [1.165, 1.54) is 12.0 Å². The van der Waals surface area contributed by atoms with E-state index >= 15 is 0 Å². The first-order chi connectivity index (χ1) is 16.5. The number of anilines is 2. The molecule has 2 fully saturated rings. The Morgan fingerprint density at radius 1 is 1.09 bits per heavy atom. The Hall–Kier alpha value is -3.19. The number of aliphatic carboxylic acids is 1. The zero-order valence-electron chi connectivity index (χ0n) is 19.5. The van der Waals surface area contributed by atoms with E-state index in [9.17, 15) is 4.79 Å². The predicted molar refractivity (Wildman–Crippen MR) is 129 cm³/mol. The molecule has 2 heterocycles. The fourth-order valence-corrected chi connectivity index (χ4v) is 5.15. The molecule has 2 atom stereocenters. The van der Waals surface area contributed by atoms with Crippen LogP contribution in [-0.2, 0) is 14.9 Å². The molecule has 178 valence electrons. The van der Waals surface area contributed by atoms with Crippen molar-refractivity contribution >= 4 is 17.7 Å². The lowest BCUT2D eigenvalue weighted by atomic mass is 9.74. The van der Waals surface area contributed by atoms with E-state index in [0.717, 1.165) is 54.8 Å². The van der Waals surface area contributed by atoms with Crippen LogP contribution in [0.15, 0.2) is 52.9 Å². The average molecular weight is 462 g/mol. The zero-order chi connectivity index (χ0) is 23.5. The maximum absolute atomic E-state index is 11.1. The topological polar surface area (TPSA) is 97.5 Å². The fraction of sp³-hybridized carbons (Fsp3) is 0.444. The summed E-state index contributed by atoms with van der Waals surface area (Å²) < 4.78 is 11.6. The van der Waals surface area contributed by atoms with Gasteiger partial charge in [-0.1, -0.05) is 61.3 Å². The highest BCUT2D eigenvalue weighted by molar-refractivity contribution is 5.68. The lowest BCUT2D eigenvalue weighted by Crippen LogP contribution is -2.27. The molecule has 7 nitrogen and oxygen atoms in total. The lowest BCUT2D eigenvalue weighted by molar-refractivity contribution is -0.139. The number of carboxylic acid groups (broad SMARTS) is 1. The van der Waals surface area contributed by atoms with Gasteiger partial charge in [-0.05, 0) is 54.5 Å². The molecular weight excluding hydrogens is 430 g/mol. The molecule has 1 aliphatic carbocycles. The Morgan fingerprint density at radius 2 is 1.79 bits per heavy atom. The molecule has 0 radical (unpaired) electrons. The van der Waals surface area contributed by atoms with E-state index < -0.39 is 5.97 Å². The van der Waals surface area contributed by atoms with Crippen molar-refractivity contribution in [3.8, 4) is 11.1 Å². The van der Waals surface area contributed by atoms with Gasteiger partial charge in [0.2, 0.25) is 5.89 Å². The average Bonchev–Trinajstić information content (AvgIpc) is 3.41. The Bertz CT molecular complexity index is 1120. The number of aromatic nitrogens is 2. The second-order valence-electron chi connectivity index (χ2n) is 9.62. The van der Waals surface area contributed by atoms with Gasteiger partial charge in [0.05, 0.1) is 19.1 Å². The van der Waals surface area contributed by atoms with Gasteiger partial charge < -0.3 is 19.6 Å². The minimum Gasteiger partial charge on any atom is -0.481 e. The molecule has 2 aromatic carbocycles. The molecule has 0 bridgehead atoms. The molecule has 5 rings (SSSR count). The summed E-state index contributed by atoms with van der Waals surface area (Å²) in [7, 11) is 0. The monoisotopic (exact) mass is 461 g/mol. The quantitative estimate of drug-likeness (QED) is 0.400. The van der Waals surface area contributed by atoms with Crippen LogP contribution < -0.4 is 5.32 Å². The Labute approximate surface area is 199 Å². The van der Waals surface area contributed by atoms with Crippen LogP contribution in [0.5, 0.6) is 0 Å². The van der Waals surface area contributed by atoms with Crippen LogP contribution in [0.2, 0.25) is 0 Å². The molecule has 1 aliphatic heterocycles. The smallest absolute Gasteiger partial charge is 0.320 e. The highest BCUT2D eigenvalue weighted by atomic mass is 16.5. The molecule has 1 saturated carbocycles. The van der Waals surface area contributed by atoms with E-state index in [4.69, 9.17) is 14.3 Å². The number of rotatable bonds is 9. The number of nitrogens with one attached hydrogen (secondary N) is 1. The van der Waals surface area contributed by atoms with Crippen LogP contribution >= 0.6 is 0 Å². The first-order valence-corrected chi connectivity index (χ1v) is 12.2. The number of hydrogen-bond donors (Lipinski definition) is 2. The summed E-state index contributed by atoms with van der Waals surface area (Å²) in [4.78, 5) is 11.1. The van der Waals surface area contributed by atoms with Gasteiger partial charge in [-0.15, -0.1) is 5.10 Å². The number of ether oxygens (including phenoxy) is 1. The number of carbonyl (C=O) groups is 1. The second-order valence-corrected chi connectivity index (χ2v) is 9.62. The summed E-state index contributed by atoms with van der Waals surface area (Å²) in [5.41, 5.74) is 4.27. The van der Waals surface area contributed by atoms with Crippen LogP contribution in [0.1, 0.15) is 69.2 Å². The maximum atomic E-state index is 11.1. The van der Waals surface area contributed by atoms with E-state index in [0.29, 0.717) is 18.5 Å². The molecule has 1 saturated heterocycles. The normalized spacial score (nSPS) is 22.4. The minimum atomic E-state index is -0.802. The highest BCUT2D eigenvalue weighted by Gasteiger charge is 2.41. The molecule has 2 unspecified atom stereocenters. The standard InChI is InChI=1S/C27H31N3O4/c1-2-14-27(16-23(33-17-27)15-24(31)32)21-10-6-18(7-11-21)19-8-12-22(13-9-19)28-26-30-29-25(34-26)20-4-3-5-20/h6-13,20,23H,2-5,14-17H2,1H3,(H,28,30)(H,31,32). The first kappa shape index (κ1) is 22.6. The van der Waals surface area contributed by atoms with Crippen molar-refractivity contribution in [2.45, 2.75) is 69.3 Å². The summed E-state index contributed by atoms with van der Waals surface area (Å²) >= 11 is 0. The van der Waals surface area contributed by atoms with Gasteiger partial charge in [0, 0.05) is 17.0 Å². The second kappa shape index (κ2) is 9.58. The molecule has 2 N–H and O–H groups in total. The van der Waals surface area contributed by atoms with Crippen LogP contribution in [0.25, 0.3) is 11.1 Å². The van der Waals surface area contributed by atoms with Gasteiger partial charge in [-0.2, -0.15) is 0 Å². The third kappa shape index (κ3) is 4.71. The fourth-order valence-electron chi connectivity index (χ4n) is 5.15. The number of nitrogens with zero attached hydrogens (tertiary/aromatic N) is 2. The molecule has 7 heteroatoms. The SMILES string of the molecule is CCCC1(c2ccc(-c3ccc(Nc4nnc(C5CCC5)o4)cc3)cc2)COC(CC(=O)O)C1. The van der Waals surface area contributed by atoms with Gasteiger partial charge in [0.25, 0.3) is 0 Å². The molecule has 0 amide bonds. The van der Waals surface area contributed by atoms with Crippen molar-refractivity contribution < 1.29 is 19.1 Å². The van der Waals surface area contributed by atoms with E-state index in [1.54, 1.807) is 0 Å². The molecule has 34 heavy (non-hydrogen) atoms. The zero-order valence-corrected chi connectivity index (χ0v) is 19.5.